The second kappa shape index (κ2) is 8.30. The van der Waals surface area contributed by atoms with Gasteiger partial charge < -0.3 is 9.80 Å². The highest BCUT2D eigenvalue weighted by molar-refractivity contribution is 5.94. The third-order valence-corrected chi connectivity index (χ3v) is 7.20. The number of hydrogen-bond donors (Lipinski definition) is 0. The third-order valence-electron chi connectivity index (χ3n) is 7.20. The zero-order chi connectivity index (χ0) is 18.7. The van der Waals surface area contributed by atoms with E-state index in [4.69, 9.17) is 0 Å². The molecule has 0 bridgehead atoms. The van der Waals surface area contributed by atoms with Crippen molar-refractivity contribution in [3.8, 4) is 0 Å². The van der Waals surface area contributed by atoms with Gasteiger partial charge in [0.05, 0.1) is 5.56 Å². The molecule has 1 aromatic rings. The van der Waals surface area contributed by atoms with Crippen molar-refractivity contribution in [3.63, 3.8) is 0 Å². The van der Waals surface area contributed by atoms with Gasteiger partial charge in [0.25, 0.3) is 5.91 Å². The summed E-state index contributed by atoms with van der Waals surface area (Å²) in [7, 11) is 0. The van der Waals surface area contributed by atoms with Crippen molar-refractivity contribution in [1.82, 2.24) is 14.8 Å². The Morgan fingerprint density at radius 1 is 1.11 bits per heavy atom. The maximum Gasteiger partial charge on any atom is 0.255 e. The minimum atomic E-state index is 0.165. The molecule has 1 amide bonds. The summed E-state index contributed by atoms with van der Waals surface area (Å²) in [4.78, 5) is 22.0. The first kappa shape index (κ1) is 18.9. The number of pyridine rings is 1. The maximum atomic E-state index is 12.9. The van der Waals surface area contributed by atoms with Gasteiger partial charge in [-0.2, -0.15) is 0 Å². The Morgan fingerprint density at radius 2 is 1.96 bits per heavy atom. The number of piperidine rings is 1. The van der Waals surface area contributed by atoms with Crippen LogP contribution in [-0.4, -0.2) is 53.4 Å². The minimum absolute atomic E-state index is 0.165. The molecule has 1 saturated carbocycles. The summed E-state index contributed by atoms with van der Waals surface area (Å²) in [5.74, 6) is 1.13. The van der Waals surface area contributed by atoms with Crippen LogP contribution in [0.2, 0.25) is 0 Å². The molecular formula is C23H35N3O. The van der Waals surface area contributed by atoms with Gasteiger partial charge in [0.1, 0.15) is 0 Å². The van der Waals surface area contributed by atoms with Crippen molar-refractivity contribution >= 4 is 5.91 Å². The average Bonchev–Trinajstić information content (AvgIpc) is 3.10. The average molecular weight is 370 g/mol. The normalized spacial score (nSPS) is 27.4. The van der Waals surface area contributed by atoms with Gasteiger partial charge in [-0.25, -0.2) is 0 Å². The monoisotopic (exact) mass is 369 g/mol. The molecule has 27 heavy (non-hydrogen) atoms. The summed E-state index contributed by atoms with van der Waals surface area (Å²) in [5, 5.41) is 0. The van der Waals surface area contributed by atoms with Gasteiger partial charge in [-0.15, -0.1) is 0 Å². The fraction of sp³-hybridized carbons (Fsp3) is 0.739. The Bertz CT molecular complexity index is 638. The molecule has 3 fully saturated rings. The molecule has 1 aliphatic carbocycles. The molecule has 3 heterocycles. The van der Waals surface area contributed by atoms with E-state index in [1.54, 1.807) is 6.20 Å². The zero-order valence-corrected chi connectivity index (χ0v) is 17.0. The van der Waals surface area contributed by atoms with Crippen molar-refractivity contribution in [2.45, 2.75) is 64.7 Å². The molecule has 4 nitrogen and oxygen atoms in total. The molecule has 1 atom stereocenters. The summed E-state index contributed by atoms with van der Waals surface area (Å²) < 4.78 is 0. The molecule has 0 N–H and O–H groups in total. The number of carbonyl (C=O) groups excluding carboxylic acids is 1. The lowest BCUT2D eigenvalue weighted by Crippen LogP contribution is -2.45. The summed E-state index contributed by atoms with van der Waals surface area (Å²) in [5.41, 5.74) is 2.03. The zero-order valence-electron chi connectivity index (χ0n) is 17.0. The Kier molecular flexibility index (Phi) is 5.82. The van der Waals surface area contributed by atoms with E-state index in [2.05, 4.69) is 14.8 Å². The quantitative estimate of drug-likeness (QED) is 0.794. The summed E-state index contributed by atoms with van der Waals surface area (Å²) in [6, 6.07) is 3.86. The highest BCUT2D eigenvalue weighted by atomic mass is 16.2. The Balaban J connectivity index is 1.32. The van der Waals surface area contributed by atoms with Gasteiger partial charge >= 0.3 is 0 Å². The smallest absolute Gasteiger partial charge is 0.255 e. The van der Waals surface area contributed by atoms with E-state index < -0.39 is 0 Å². The predicted octanol–water partition coefficient (Wildman–Crippen LogP) is 4.29. The minimum Gasteiger partial charge on any atom is -0.338 e. The predicted molar refractivity (Wildman–Crippen MR) is 109 cm³/mol. The van der Waals surface area contributed by atoms with Gasteiger partial charge in [0.15, 0.2) is 0 Å². The first-order valence-corrected chi connectivity index (χ1v) is 11.1. The van der Waals surface area contributed by atoms with Crippen LogP contribution < -0.4 is 0 Å². The van der Waals surface area contributed by atoms with Crippen LogP contribution in [0.5, 0.6) is 0 Å². The fourth-order valence-electron chi connectivity index (χ4n) is 5.56. The first-order chi connectivity index (χ1) is 13.1. The number of carbonyl (C=O) groups is 1. The van der Waals surface area contributed by atoms with Crippen LogP contribution in [0, 0.1) is 18.3 Å². The van der Waals surface area contributed by atoms with Gasteiger partial charge in [-0.05, 0) is 63.7 Å². The van der Waals surface area contributed by atoms with Crippen molar-refractivity contribution < 1.29 is 4.79 Å². The van der Waals surface area contributed by atoms with Crippen molar-refractivity contribution in [2.24, 2.45) is 11.3 Å². The van der Waals surface area contributed by atoms with Crippen molar-refractivity contribution in [3.05, 3.63) is 29.6 Å². The van der Waals surface area contributed by atoms with Crippen LogP contribution in [0.3, 0.4) is 0 Å². The third kappa shape index (κ3) is 4.53. The number of aromatic nitrogens is 1. The van der Waals surface area contributed by atoms with E-state index in [-0.39, 0.29) is 5.91 Å². The largest absolute Gasteiger partial charge is 0.338 e. The second-order valence-corrected chi connectivity index (χ2v) is 9.34. The summed E-state index contributed by atoms with van der Waals surface area (Å²) >= 11 is 0. The molecule has 0 unspecified atom stereocenters. The molecule has 0 radical (unpaired) electrons. The Morgan fingerprint density at radius 3 is 2.74 bits per heavy atom. The van der Waals surface area contributed by atoms with Gasteiger partial charge in [0.2, 0.25) is 0 Å². The Hall–Kier alpha value is -1.42. The van der Waals surface area contributed by atoms with Crippen LogP contribution in [0.1, 0.15) is 73.8 Å². The molecule has 0 aromatic carbocycles. The number of aryl methyl sites for hydroxylation is 1. The number of nitrogens with zero attached hydrogens (tertiary/aromatic N) is 3. The molecular weight excluding hydrogens is 334 g/mol. The molecule has 1 aromatic heterocycles. The SMILES string of the molecule is Cc1ccc(C(=O)N2CC[C@]3(CCCN(CCC4CCCCC4)C3)C2)cn1. The number of rotatable bonds is 4. The van der Waals surface area contributed by atoms with Crippen LogP contribution >= 0.6 is 0 Å². The highest BCUT2D eigenvalue weighted by Gasteiger charge is 2.42. The lowest BCUT2D eigenvalue weighted by atomic mass is 9.79. The lowest BCUT2D eigenvalue weighted by Gasteiger charge is -2.41. The van der Waals surface area contributed by atoms with Gasteiger partial charge in [-0.3, -0.25) is 9.78 Å². The standard InChI is InChI=1S/C23H35N3O/c1-19-8-9-21(16-24-19)22(27)26-15-12-23(18-26)11-5-13-25(17-23)14-10-20-6-3-2-4-7-20/h8-9,16,20H,2-7,10-15,17-18H2,1H3/t23-/m0/s1. The van der Waals surface area contributed by atoms with E-state index in [0.717, 1.165) is 36.7 Å². The first-order valence-electron chi connectivity index (χ1n) is 11.1. The van der Waals surface area contributed by atoms with E-state index in [0.29, 0.717) is 5.41 Å². The molecule has 4 rings (SSSR count). The second-order valence-electron chi connectivity index (χ2n) is 9.34. The highest BCUT2D eigenvalue weighted by Crippen LogP contribution is 2.39. The summed E-state index contributed by atoms with van der Waals surface area (Å²) in [6.45, 7) is 7.51. The number of amides is 1. The van der Waals surface area contributed by atoms with Gasteiger partial charge in [-0.1, -0.05) is 32.1 Å². The Labute approximate surface area is 164 Å². The maximum absolute atomic E-state index is 12.9. The summed E-state index contributed by atoms with van der Waals surface area (Å²) in [6.07, 6.45) is 14.1. The molecule has 2 aliphatic heterocycles. The fourth-order valence-corrected chi connectivity index (χ4v) is 5.56. The van der Waals surface area contributed by atoms with E-state index >= 15 is 0 Å². The van der Waals surface area contributed by atoms with Crippen molar-refractivity contribution in [1.29, 1.82) is 0 Å². The number of hydrogen-bond acceptors (Lipinski definition) is 3. The van der Waals surface area contributed by atoms with Crippen LogP contribution in [-0.2, 0) is 0 Å². The van der Waals surface area contributed by atoms with E-state index in [1.807, 2.05) is 19.1 Å². The van der Waals surface area contributed by atoms with E-state index in [1.165, 1.54) is 71.0 Å². The van der Waals surface area contributed by atoms with Crippen molar-refractivity contribution in [2.75, 3.05) is 32.7 Å². The molecule has 148 valence electrons. The van der Waals surface area contributed by atoms with Crippen LogP contribution in [0.4, 0.5) is 0 Å². The lowest BCUT2D eigenvalue weighted by molar-refractivity contribution is 0.0674. The van der Waals surface area contributed by atoms with Crippen LogP contribution in [0.25, 0.3) is 0 Å². The number of likely N-dealkylation sites (tertiary alicyclic amines) is 2. The molecule has 2 saturated heterocycles. The van der Waals surface area contributed by atoms with Gasteiger partial charge in [0, 0.05) is 36.9 Å². The molecule has 4 heteroatoms. The van der Waals surface area contributed by atoms with E-state index in [9.17, 15) is 4.79 Å². The topological polar surface area (TPSA) is 36.4 Å². The molecule has 1 spiro atoms. The molecule has 3 aliphatic rings. The van der Waals surface area contributed by atoms with Crippen LogP contribution in [0.15, 0.2) is 18.3 Å².